The molecule has 4 aromatic carbocycles. The Morgan fingerprint density at radius 2 is 1.10 bits per heavy atom. The van der Waals surface area contributed by atoms with E-state index in [-0.39, 0.29) is 44.6 Å². The lowest BCUT2D eigenvalue weighted by atomic mass is 9.66. The van der Waals surface area contributed by atoms with Gasteiger partial charge in [-0.15, -0.1) is 23.5 Å². The number of rotatable bonds is 22. The first-order valence-corrected chi connectivity index (χ1v) is 27.6. The number of fused-ring (bicyclic) bond motifs is 2. The molecular formula is C53H70O13S2Si. The van der Waals surface area contributed by atoms with E-state index in [2.05, 4.69) is 45.7 Å². The van der Waals surface area contributed by atoms with Gasteiger partial charge in [0.25, 0.3) is 0 Å². The fourth-order valence-corrected chi connectivity index (χ4v) is 10.9. The van der Waals surface area contributed by atoms with Crippen LogP contribution in [0.3, 0.4) is 0 Å². The van der Waals surface area contributed by atoms with Crippen LogP contribution in [0.1, 0.15) is 61.7 Å². The Kier molecular flexibility index (Phi) is 20.9. The molecule has 2 aliphatic heterocycles. The quantitative estimate of drug-likeness (QED) is 0.0346. The summed E-state index contributed by atoms with van der Waals surface area (Å²) in [6.07, 6.45) is 0. The highest BCUT2D eigenvalue weighted by Gasteiger charge is 2.52. The molecule has 3 atom stereocenters. The Morgan fingerprint density at radius 1 is 0.623 bits per heavy atom. The zero-order valence-electron chi connectivity index (χ0n) is 42.0. The van der Waals surface area contributed by atoms with Crippen LogP contribution in [0, 0.1) is 11.8 Å². The summed E-state index contributed by atoms with van der Waals surface area (Å²) in [6.45, 7) is 18.0. The van der Waals surface area contributed by atoms with Gasteiger partial charge in [-0.3, -0.25) is 4.79 Å². The monoisotopic (exact) mass is 1010 g/mol. The minimum absolute atomic E-state index is 0.120. The normalized spacial score (nSPS) is 19.8. The van der Waals surface area contributed by atoms with Crippen LogP contribution in [0.2, 0.25) is 18.1 Å². The molecule has 0 amide bonds. The van der Waals surface area contributed by atoms with E-state index < -0.39 is 24.7 Å². The number of thioether (sulfide) groups is 2. The van der Waals surface area contributed by atoms with E-state index in [9.17, 15) is 9.90 Å². The summed E-state index contributed by atoms with van der Waals surface area (Å²) in [4.78, 5) is 15.1. The van der Waals surface area contributed by atoms with Crippen molar-refractivity contribution in [1.82, 2.24) is 0 Å². The van der Waals surface area contributed by atoms with Gasteiger partial charge in [0.2, 0.25) is 0 Å². The van der Waals surface area contributed by atoms with Crippen LogP contribution in [0.25, 0.3) is 0 Å². The fraction of sp³-hybridized carbons (Fsp3) is 0.491. The van der Waals surface area contributed by atoms with E-state index in [1.807, 2.05) is 98.8 Å². The van der Waals surface area contributed by atoms with Gasteiger partial charge in [-0.2, -0.15) is 0 Å². The highest BCUT2D eigenvalue weighted by molar-refractivity contribution is 7.99. The molecule has 376 valence electrons. The number of hydrogen-bond acceptors (Lipinski definition) is 15. The molecule has 4 aromatic rings. The molecule has 0 aliphatic carbocycles. The number of Topliss-reactive ketones (excluding diaryl/α,β-unsaturated/α-hetero) is 1. The van der Waals surface area contributed by atoms with E-state index in [0.717, 1.165) is 37.8 Å². The molecule has 69 heavy (non-hydrogen) atoms. The second kappa shape index (κ2) is 25.9. The summed E-state index contributed by atoms with van der Waals surface area (Å²) in [5.41, 5.74) is 0.600. The van der Waals surface area contributed by atoms with Crippen molar-refractivity contribution >= 4 is 37.6 Å². The van der Waals surface area contributed by atoms with Gasteiger partial charge in [0, 0.05) is 66.3 Å². The van der Waals surface area contributed by atoms with Crippen LogP contribution >= 0.6 is 23.5 Å². The highest BCUT2D eigenvalue weighted by atomic mass is 32.2. The minimum Gasteiger partial charge on any atom is -0.468 e. The van der Waals surface area contributed by atoms with Gasteiger partial charge in [0.05, 0.1) is 31.8 Å². The maximum Gasteiger partial charge on any atom is 0.192 e. The molecule has 13 nitrogen and oxygen atoms in total. The lowest BCUT2D eigenvalue weighted by molar-refractivity contribution is 0.0221. The molecule has 1 N–H and O–H groups in total. The van der Waals surface area contributed by atoms with Crippen molar-refractivity contribution in [3.8, 4) is 34.8 Å². The molecule has 0 bridgehead atoms. The molecule has 0 saturated carbocycles. The number of ketones is 1. The van der Waals surface area contributed by atoms with E-state index in [1.54, 1.807) is 52.0 Å². The molecule has 6 rings (SSSR count). The van der Waals surface area contributed by atoms with E-state index in [4.69, 9.17) is 51.8 Å². The van der Waals surface area contributed by atoms with Crippen molar-refractivity contribution in [2.24, 2.45) is 0 Å². The molecule has 0 saturated heterocycles. The summed E-state index contributed by atoms with van der Waals surface area (Å²) >= 11 is 3.33. The number of hydrogen-bond donors (Lipinski definition) is 1. The lowest BCUT2D eigenvalue weighted by Gasteiger charge is -2.46. The summed E-state index contributed by atoms with van der Waals surface area (Å²) in [5, 5.41) is 12.6. The molecule has 2 heterocycles. The van der Waals surface area contributed by atoms with Crippen molar-refractivity contribution in [2.45, 2.75) is 79.0 Å². The van der Waals surface area contributed by atoms with Crippen LogP contribution in [-0.2, 0) is 49.3 Å². The minimum atomic E-state index is -1.77. The van der Waals surface area contributed by atoms with Crippen molar-refractivity contribution in [3.05, 3.63) is 107 Å². The van der Waals surface area contributed by atoms with E-state index >= 15 is 0 Å². The summed E-state index contributed by atoms with van der Waals surface area (Å²) in [6, 6.07) is 26.5. The Balaban J connectivity index is 0.000000290. The second-order valence-electron chi connectivity index (χ2n) is 18.4. The first kappa shape index (κ1) is 55.8. The van der Waals surface area contributed by atoms with Crippen molar-refractivity contribution in [1.29, 1.82) is 0 Å². The summed E-state index contributed by atoms with van der Waals surface area (Å²) in [5.74, 6) is 10.5. The van der Waals surface area contributed by atoms with Crippen LogP contribution in [0.4, 0.5) is 0 Å². The third-order valence-electron chi connectivity index (χ3n) is 12.5. The van der Waals surface area contributed by atoms with Crippen molar-refractivity contribution in [2.75, 3.05) is 100 Å². The maximum absolute atomic E-state index is 13.2. The first-order chi connectivity index (χ1) is 33.0. The van der Waals surface area contributed by atoms with Crippen molar-refractivity contribution < 1.29 is 61.7 Å². The molecule has 0 radical (unpaired) electrons. The molecular weight excluding hydrogens is 937 g/mol. The average molecular weight is 1010 g/mol. The number of carbonyl (C=O) groups excluding carboxylic acids is 1. The van der Waals surface area contributed by atoms with Gasteiger partial charge >= 0.3 is 0 Å². The molecule has 0 aromatic heterocycles. The molecule has 0 spiro atoms. The third kappa shape index (κ3) is 14.3. The number of methoxy groups -OCH3 is 4. The van der Waals surface area contributed by atoms with Gasteiger partial charge in [0.15, 0.2) is 46.9 Å². The summed E-state index contributed by atoms with van der Waals surface area (Å²) in [7, 11) is 4.55. The van der Waals surface area contributed by atoms with Gasteiger partial charge in [0.1, 0.15) is 29.6 Å². The smallest absolute Gasteiger partial charge is 0.192 e. The second-order valence-corrected chi connectivity index (χ2v) is 25.3. The SMILES string of the molecule is COCOc1ccc(C2(C)CSc3cc(OCOC)ccc3C2(O)C#CCOCCOCCO[Si](C)(C)C(C)(C)C)cc1.COCOc1ccc(C2(C)CSc3cc(OCOC)ccc3C2=O)cc1. The number of aliphatic hydroxyl groups is 1. The van der Waals surface area contributed by atoms with Crippen LogP contribution in [0.15, 0.2) is 94.7 Å². The largest absolute Gasteiger partial charge is 0.468 e. The van der Waals surface area contributed by atoms with Crippen LogP contribution in [0.5, 0.6) is 23.0 Å². The number of ether oxygens (including phenoxy) is 10. The lowest BCUT2D eigenvalue weighted by Crippen LogP contribution is -2.50. The van der Waals surface area contributed by atoms with Crippen LogP contribution in [-0.4, -0.2) is 119 Å². The predicted octanol–water partition coefficient (Wildman–Crippen LogP) is 9.86. The van der Waals surface area contributed by atoms with Crippen molar-refractivity contribution in [3.63, 3.8) is 0 Å². The maximum atomic E-state index is 13.2. The fourth-order valence-electron chi connectivity index (χ4n) is 7.26. The van der Waals surface area contributed by atoms with E-state index in [1.165, 1.54) is 0 Å². The standard InChI is InChI=1S/C33H48O8SSi.C20H22O5S/c1-31(2,3)43(7,8)41-21-20-38-19-18-37-17-9-16-33(34)29-15-14-28(40-25-36-6)22-30(29)42-23-32(33,4)26-10-12-27(13-11-26)39-24-35-5;1-20(14-4-6-15(7-5-14)24-12-22-2)11-26-18-10-16(25-13-23-3)8-9-17(18)19(20)21/h10-15,22,34H,17-21,23-25H2,1-8H3;4-10H,11-13H2,1-3H3. The zero-order valence-corrected chi connectivity index (χ0v) is 44.7. The van der Waals surface area contributed by atoms with Gasteiger partial charge in [-0.25, -0.2) is 0 Å². The third-order valence-corrected chi connectivity index (χ3v) is 19.8. The molecule has 2 aliphatic rings. The molecule has 3 unspecified atom stereocenters. The van der Waals surface area contributed by atoms with Gasteiger partial charge in [-0.1, -0.05) is 69.9 Å². The van der Waals surface area contributed by atoms with Gasteiger partial charge < -0.3 is 56.9 Å². The number of benzene rings is 4. The Morgan fingerprint density at radius 3 is 1.67 bits per heavy atom. The van der Waals surface area contributed by atoms with Gasteiger partial charge in [-0.05, 0) is 90.8 Å². The zero-order chi connectivity index (χ0) is 50.1. The average Bonchev–Trinajstić information content (AvgIpc) is 3.34. The molecule has 0 fully saturated rings. The predicted molar refractivity (Wildman–Crippen MR) is 273 cm³/mol. The molecule has 16 heteroatoms. The summed E-state index contributed by atoms with van der Waals surface area (Å²) < 4.78 is 59.6. The Hall–Kier alpha value is -4.09. The number of carbonyl (C=O) groups is 1. The Bertz CT molecular complexity index is 2310. The topological polar surface area (TPSA) is 139 Å². The first-order valence-electron chi connectivity index (χ1n) is 22.7. The highest BCUT2D eigenvalue weighted by Crippen LogP contribution is 2.53. The van der Waals surface area contributed by atoms with E-state index in [0.29, 0.717) is 55.2 Å². The van der Waals surface area contributed by atoms with Crippen LogP contribution < -0.4 is 18.9 Å². The Labute approximate surface area is 418 Å².